The highest BCUT2D eigenvalue weighted by atomic mass is 32.2. The largest absolute Gasteiger partial charge is 0.322 e. The van der Waals surface area contributed by atoms with Gasteiger partial charge in [0.15, 0.2) is 19.7 Å². The van der Waals surface area contributed by atoms with Crippen molar-refractivity contribution in [2.45, 2.75) is 13.8 Å². The second kappa shape index (κ2) is 13.9. The lowest BCUT2D eigenvalue weighted by molar-refractivity contribution is 0.216. The predicted molar refractivity (Wildman–Crippen MR) is 141 cm³/mol. The van der Waals surface area contributed by atoms with Gasteiger partial charge in [0.1, 0.15) is 0 Å². The van der Waals surface area contributed by atoms with Gasteiger partial charge < -0.3 is 15.5 Å². The summed E-state index contributed by atoms with van der Waals surface area (Å²) in [6.45, 7) is 5.59. The molecular formula is C24H32N4O6S2. The summed E-state index contributed by atoms with van der Waals surface area (Å²) in [5.74, 6) is 0.725. The first kappa shape index (κ1) is 29.2. The summed E-state index contributed by atoms with van der Waals surface area (Å²) in [4.78, 5) is 26.8. The second-order valence-corrected chi connectivity index (χ2v) is 12.9. The number of carbonyl (C=O) groups excluding carboxylic acids is 2. The first-order valence-corrected chi connectivity index (χ1v) is 15.0. The number of amides is 2. The van der Waals surface area contributed by atoms with Crippen LogP contribution in [0, 0.1) is 13.8 Å². The summed E-state index contributed by atoms with van der Waals surface area (Å²) < 4.78 is 43.8. The van der Waals surface area contributed by atoms with Crippen molar-refractivity contribution in [3.05, 3.63) is 59.7 Å². The van der Waals surface area contributed by atoms with Crippen molar-refractivity contribution in [1.29, 1.82) is 0 Å². The number of para-hydroxylation sites is 2. The molecule has 0 unspecified atom stereocenters. The SMILES string of the molecule is Cc1ccccc1N=C=O.Cc1ccccc1NC(=O)N1CCS(=O)(=O)CC1.O=S1(=O)CCNCC1. The quantitative estimate of drug-likeness (QED) is 0.443. The molecule has 2 aliphatic heterocycles. The predicted octanol–water partition coefficient (Wildman–Crippen LogP) is 2.22. The molecule has 0 aliphatic carbocycles. The highest BCUT2D eigenvalue weighted by Gasteiger charge is 2.25. The zero-order valence-electron chi connectivity index (χ0n) is 20.4. The lowest BCUT2D eigenvalue weighted by Gasteiger charge is -2.27. The molecule has 0 radical (unpaired) electrons. The number of carbonyl (C=O) groups is 1. The Bertz CT molecular complexity index is 1260. The van der Waals surface area contributed by atoms with Crippen LogP contribution in [0.1, 0.15) is 11.1 Å². The van der Waals surface area contributed by atoms with Crippen molar-refractivity contribution in [2.75, 3.05) is 54.5 Å². The number of rotatable bonds is 2. The lowest BCUT2D eigenvalue weighted by Crippen LogP contribution is -2.45. The molecule has 2 saturated heterocycles. The van der Waals surface area contributed by atoms with E-state index >= 15 is 0 Å². The maximum atomic E-state index is 12.0. The Morgan fingerprint density at radius 2 is 1.39 bits per heavy atom. The molecule has 0 spiro atoms. The fourth-order valence-electron chi connectivity index (χ4n) is 3.24. The number of aliphatic imine (C=N–C) groups is 1. The maximum absolute atomic E-state index is 12.0. The summed E-state index contributed by atoms with van der Waals surface area (Å²) in [5, 5.41) is 5.76. The normalized spacial score (nSPS) is 17.7. The summed E-state index contributed by atoms with van der Waals surface area (Å²) in [7, 11) is -5.60. The van der Waals surface area contributed by atoms with Gasteiger partial charge in [-0.15, -0.1) is 0 Å². The van der Waals surface area contributed by atoms with Crippen LogP contribution >= 0.6 is 0 Å². The molecule has 0 bridgehead atoms. The van der Waals surface area contributed by atoms with Gasteiger partial charge >= 0.3 is 6.03 Å². The van der Waals surface area contributed by atoms with Crippen LogP contribution in [-0.4, -0.2) is 83.0 Å². The Kier molecular flexibility index (Phi) is 11.3. The molecule has 0 aromatic heterocycles. The van der Waals surface area contributed by atoms with Gasteiger partial charge in [-0.1, -0.05) is 36.4 Å². The monoisotopic (exact) mass is 536 g/mol. The minimum atomic E-state index is -2.95. The van der Waals surface area contributed by atoms with Crippen molar-refractivity contribution >= 4 is 43.2 Å². The van der Waals surface area contributed by atoms with Gasteiger partial charge in [-0.05, 0) is 37.1 Å². The molecule has 12 heteroatoms. The number of urea groups is 1. The molecule has 0 saturated carbocycles. The van der Waals surface area contributed by atoms with E-state index in [9.17, 15) is 26.4 Å². The third-order valence-electron chi connectivity index (χ3n) is 5.48. The van der Waals surface area contributed by atoms with Crippen molar-refractivity contribution in [2.24, 2.45) is 4.99 Å². The minimum absolute atomic E-state index is 0.0498. The van der Waals surface area contributed by atoms with Crippen molar-refractivity contribution in [1.82, 2.24) is 10.2 Å². The van der Waals surface area contributed by atoms with Gasteiger partial charge in [-0.25, -0.2) is 26.4 Å². The molecule has 196 valence electrons. The number of aryl methyl sites for hydroxylation is 2. The van der Waals surface area contributed by atoms with Crippen LogP contribution in [0.2, 0.25) is 0 Å². The number of nitrogens with zero attached hydrogens (tertiary/aromatic N) is 2. The molecule has 36 heavy (non-hydrogen) atoms. The van der Waals surface area contributed by atoms with Gasteiger partial charge in [0, 0.05) is 31.9 Å². The molecule has 2 amide bonds. The molecule has 2 heterocycles. The first-order valence-electron chi connectivity index (χ1n) is 11.4. The fraction of sp³-hybridized carbons (Fsp3) is 0.417. The van der Waals surface area contributed by atoms with Crippen LogP contribution < -0.4 is 10.6 Å². The summed E-state index contributed by atoms with van der Waals surface area (Å²) in [6.07, 6.45) is 1.50. The Labute approximate surface area is 212 Å². The molecule has 2 N–H and O–H groups in total. The average Bonchev–Trinajstić information content (AvgIpc) is 2.83. The van der Waals surface area contributed by atoms with Crippen molar-refractivity contribution in [3.63, 3.8) is 0 Å². The zero-order chi connectivity index (χ0) is 26.6. The highest BCUT2D eigenvalue weighted by Crippen LogP contribution is 2.16. The summed E-state index contributed by atoms with van der Waals surface area (Å²) >= 11 is 0. The molecule has 2 fully saturated rings. The van der Waals surface area contributed by atoms with E-state index in [1.54, 1.807) is 6.07 Å². The van der Waals surface area contributed by atoms with Gasteiger partial charge in [-0.3, -0.25) is 0 Å². The van der Waals surface area contributed by atoms with Crippen LogP contribution in [0.15, 0.2) is 53.5 Å². The van der Waals surface area contributed by atoms with Crippen LogP contribution in [0.4, 0.5) is 16.2 Å². The fourth-order valence-corrected chi connectivity index (χ4v) is 5.56. The Hall–Kier alpha value is -3.05. The van der Waals surface area contributed by atoms with E-state index in [2.05, 4.69) is 15.6 Å². The van der Waals surface area contributed by atoms with E-state index in [1.165, 1.54) is 11.0 Å². The van der Waals surface area contributed by atoms with E-state index in [0.29, 0.717) is 30.3 Å². The minimum Gasteiger partial charge on any atom is -0.322 e. The van der Waals surface area contributed by atoms with Gasteiger partial charge in [-0.2, -0.15) is 4.99 Å². The number of hydrogen-bond acceptors (Lipinski definition) is 8. The van der Waals surface area contributed by atoms with Crippen LogP contribution in [-0.2, 0) is 24.5 Å². The van der Waals surface area contributed by atoms with E-state index in [-0.39, 0.29) is 30.6 Å². The number of anilines is 1. The molecule has 0 atom stereocenters. The molecule has 10 nitrogen and oxygen atoms in total. The molecule has 2 aliphatic rings. The van der Waals surface area contributed by atoms with Crippen molar-refractivity contribution < 1.29 is 26.4 Å². The smallest absolute Gasteiger partial charge is 0.321 e. The molecule has 2 aromatic carbocycles. The van der Waals surface area contributed by atoms with E-state index < -0.39 is 19.7 Å². The van der Waals surface area contributed by atoms with Gasteiger partial charge in [0.2, 0.25) is 6.08 Å². The average molecular weight is 537 g/mol. The molecule has 2 aromatic rings. The number of hydrogen-bond donors (Lipinski definition) is 2. The van der Waals surface area contributed by atoms with Crippen LogP contribution in [0.25, 0.3) is 0 Å². The molecule has 4 rings (SSSR count). The third kappa shape index (κ3) is 10.3. The maximum Gasteiger partial charge on any atom is 0.321 e. The topological polar surface area (TPSA) is 142 Å². The molecular weight excluding hydrogens is 504 g/mol. The van der Waals surface area contributed by atoms with E-state index in [4.69, 9.17) is 0 Å². The van der Waals surface area contributed by atoms with E-state index in [0.717, 1.165) is 16.8 Å². The third-order valence-corrected chi connectivity index (χ3v) is 8.74. The highest BCUT2D eigenvalue weighted by molar-refractivity contribution is 7.91. The van der Waals surface area contributed by atoms with Crippen LogP contribution in [0.5, 0.6) is 0 Å². The number of sulfone groups is 2. The van der Waals surface area contributed by atoms with Crippen molar-refractivity contribution in [3.8, 4) is 0 Å². The zero-order valence-corrected chi connectivity index (χ0v) is 22.1. The lowest BCUT2D eigenvalue weighted by atomic mass is 10.2. The summed E-state index contributed by atoms with van der Waals surface area (Å²) in [6, 6.07) is 14.7. The Balaban J connectivity index is 0.000000213. The second-order valence-electron chi connectivity index (χ2n) is 8.28. The van der Waals surface area contributed by atoms with Gasteiger partial charge in [0.05, 0.1) is 28.7 Å². The van der Waals surface area contributed by atoms with E-state index in [1.807, 2.05) is 56.3 Å². The Morgan fingerprint density at radius 1 is 0.861 bits per heavy atom. The Morgan fingerprint density at radius 3 is 1.89 bits per heavy atom. The standard InChI is InChI=1S/C12H16N2O3S.C8H7NO.C4H9NO2S/c1-10-4-2-3-5-11(10)13-12(15)14-6-8-18(16,17)9-7-14;1-7-4-2-3-5-8(7)9-6-10;6-8(7)3-1-5-2-4-8/h2-5H,6-9H2,1H3,(H,13,15);2-5H,1H3;5H,1-4H2. The number of isocyanates is 1. The van der Waals surface area contributed by atoms with Crippen LogP contribution in [0.3, 0.4) is 0 Å². The van der Waals surface area contributed by atoms with Gasteiger partial charge in [0.25, 0.3) is 0 Å². The number of nitrogens with one attached hydrogen (secondary N) is 2. The summed E-state index contributed by atoms with van der Waals surface area (Å²) in [5.41, 5.74) is 3.43. The first-order chi connectivity index (χ1) is 17.0. The number of benzene rings is 2.